The van der Waals surface area contributed by atoms with E-state index in [9.17, 15) is 0 Å². The molecular formula is C17H19ClNS+. The minimum atomic E-state index is 0.257. The van der Waals surface area contributed by atoms with Gasteiger partial charge in [0.15, 0.2) is 0 Å². The van der Waals surface area contributed by atoms with Gasteiger partial charge in [0.25, 0.3) is 5.01 Å². The zero-order valence-corrected chi connectivity index (χ0v) is 13.7. The zero-order valence-electron chi connectivity index (χ0n) is 12.1. The lowest BCUT2D eigenvalue weighted by Gasteiger charge is -2.28. The Balaban J connectivity index is 2.06. The van der Waals surface area contributed by atoms with E-state index in [1.54, 1.807) is 0 Å². The molecule has 0 aliphatic heterocycles. The first-order chi connectivity index (χ1) is 9.44. The summed E-state index contributed by atoms with van der Waals surface area (Å²) in [5.41, 5.74) is 2.87. The van der Waals surface area contributed by atoms with E-state index in [-0.39, 0.29) is 5.41 Å². The second-order valence-electron chi connectivity index (χ2n) is 6.30. The van der Waals surface area contributed by atoms with Gasteiger partial charge in [-0.25, -0.2) is 0 Å². The molecule has 0 saturated carbocycles. The fraction of sp³-hybridized carbons (Fsp3) is 0.353. The maximum atomic E-state index is 6.30. The highest BCUT2D eigenvalue weighted by Gasteiger charge is 2.25. The molecule has 0 unspecified atom stereocenters. The van der Waals surface area contributed by atoms with E-state index in [4.69, 9.17) is 11.6 Å². The van der Waals surface area contributed by atoms with E-state index in [0.717, 1.165) is 17.9 Å². The van der Waals surface area contributed by atoms with Gasteiger partial charge in [0.05, 0.1) is 0 Å². The lowest BCUT2D eigenvalue weighted by Crippen LogP contribution is -2.29. The Morgan fingerprint density at radius 2 is 2.00 bits per heavy atom. The molecule has 1 nitrogen and oxygen atoms in total. The van der Waals surface area contributed by atoms with Crippen molar-refractivity contribution in [2.24, 2.45) is 12.5 Å². The van der Waals surface area contributed by atoms with Gasteiger partial charge in [-0.15, -0.1) is 0 Å². The van der Waals surface area contributed by atoms with Gasteiger partial charge in [-0.1, -0.05) is 48.9 Å². The Morgan fingerprint density at radius 3 is 2.70 bits per heavy atom. The van der Waals surface area contributed by atoms with E-state index in [0.29, 0.717) is 0 Å². The largest absolute Gasteiger partial charge is 0.262 e. The molecule has 3 rings (SSSR count). The van der Waals surface area contributed by atoms with Crippen molar-refractivity contribution in [2.75, 3.05) is 0 Å². The van der Waals surface area contributed by atoms with Gasteiger partial charge in [-0.05, 0) is 36.0 Å². The minimum absolute atomic E-state index is 0.257. The van der Waals surface area contributed by atoms with Gasteiger partial charge in [-0.3, -0.25) is 0 Å². The Hall–Kier alpha value is -1.12. The van der Waals surface area contributed by atoms with Crippen LogP contribution in [0, 0.1) is 5.41 Å². The van der Waals surface area contributed by atoms with Gasteiger partial charge in [0, 0.05) is 17.2 Å². The van der Waals surface area contributed by atoms with E-state index in [1.165, 1.54) is 20.8 Å². The highest BCUT2D eigenvalue weighted by Crippen LogP contribution is 2.40. The molecule has 1 aliphatic rings. The number of hydrogen-bond donors (Lipinski definition) is 0. The van der Waals surface area contributed by atoms with Crippen LogP contribution in [0.3, 0.4) is 0 Å². The van der Waals surface area contributed by atoms with Gasteiger partial charge in [-0.2, -0.15) is 4.57 Å². The number of fused-ring (bicyclic) bond motifs is 1. The molecule has 0 N–H and O–H groups in total. The first kappa shape index (κ1) is 13.8. The number of aromatic nitrogens is 1. The molecule has 0 saturated heterocycles. The minimum Gasteiger partial charge on any atom is -0.185 e. The smallest absolute Gasteiger partial charge is 0.185 e. The number of allylic oxidation sites excluding steroid dienone is 3. The second kappa shape index (κ2) is 5.01. The quantitative estimate of drug-likeness (QED) is 0.649. The van der Waals surface area contributed by atoms with Gasteiger partial charge in [0.1, 0.15) is 11.7 Å². The summed E-state index contributed by atoms with van der Waals surface area (Å²) in [7, 11) is 2.13. The van der Waals surface area contributed by atoms with Gasteiger partial charge < -0.3 is 0 Å². The highest BCUT2D eigenvalue weighted by atomic mass is 35.5. The van der Waals surface area contributed by atoms with Crippen molar-refractivity contribution in [2.45, 2.75) is 26.7 Å². The fourth-order valence-corrected chi connectivity index (χ4v) is 4.50. The predicted molar refractivity (Wildman–Crippen MR) is 87.9 cm³/mol. The third-order valence-electron chi connectivity index (χ3n) is 3.75. The van der Waals surface area contributed by atoms with E-state index < -0.39 is 0 Å². The lowest BCUT2D eigenvalue weighted by atomic mass is 9.78. The van der Waals surface area contributed by atoms with Crippen LogP contribution < -0.4 is 4.57 Å². The molecule has 0 fully saturated rings. The van der Waals surface area contributed by atoms with Crippen molar-refractivity contribution in [3.63, 3.8) is 0 Å². The topological polar surface area (TPSA) is 3.88 Å². The average Bonchev–Trinajstić information content (AvgIpc) is 2.64. The summed E-state index contributed by atoms with van der Waals surface area (Å²) in [5.74, 6) is 0. The van der Waals surface area contributed by atoms with Crippen LogP contribution in [-0.2, 0) is 7.05 Å². The molecule has 1 aromatic carbocycles. The van der Waals surface area contributed by atoms with Crippen LogP contribution in [0.4, 0.5) is 0 Å². The monoisotopic (exact) mass is 304 g/mol. The van der Waals surface area contributed by atoms with Crippen molar-refractivity contribution in [1.29, 1.82) is 0 Å². The number of halogens is 1. The maximum absolute atomic E-state index is 6.30. The summed E-state index contributed by atoms with van der Waals surface area (Å²) in [6.45, 7) is 4.56. The van der Waals surface area contributed by atoms with Crippen LogP contribution in [0.25, 0.3) is 16.3 Å². The Bertz CT molecular complexity index is 722. The number of rotatable bonds is 1. The summed E-state index contributed by atoms with van der Waals surface area (Å²) in [6.07, 6.45) is 6.48. The molecule has 0 radical (unpaired) electrons. The SMILES string of the molecule is C[n+]1c(C=C2C=C(Cl)CC(C)(C)C2)sc2ccccc21. The van der Waals surface area contributed by atoms with Crippen molar-refractivity contribution in [3.05, 3.63) is 46.0 Å². The number of nitrogens with zero attached hydrogens (tertiary/aromatic N) is 1. The molecule has 1 aliphatic carbocycles. The lowest BCUT2D eigenvalue weighted by molar-refractivity contribution is -0.642. The van der Waals surface area contributed by atoms with Crippen molar-refractivity contribution < 1.29 is 4.57 Å². The Morgan fingerprint density at radius 1 is 1.25 bits per heavy atom. The van der Waals surface area contributed by atoms with Crippen LogP contribution in [-0.4, -0.2) is 0 Å². The predicted octanol–water partition coefficient (Wildman–Crippen LogP) is 5.05. The maximum Gasteiger partial charge on any atom is 0.262 e. The van der Waals surface area contributed by atoms with Gasteiger partial charge >= 0.3 is 0 Å². The number of aryl methyl sites for hydroxylation is 1. The average molecular weight is 305 g/mol. The van der Waals surface area contributed by atoms with Crippen LogP contribution in [0.1, 0.15) is 31.7 Å². The molecule has 0 bridgehead atoms. The number of benzene rings is 1. The summed E-state index contributed by atoms with van der Waals surface area (Å²) in [4.78, 5) is 0. The fourth-order valence-electron chi connectivity index (χ4n) is 2.87. The Kier molecular flexibility index (Phi) is 3.47. The third-order valence-corrected chi connectivity index (χ3v) is 5.16. The number of thiazole rings is 1. The van der Waals surface area contributed by atoms with Crippen LogP contribution in [0.5, 0.6) is 0 Å². The van der Waals surface area contributed by atoms with E-state index in [2.05, 4.69) is 61.9 Å². The summed E-state index contributed by atoms with van der Waals surface area (Å²) in [6, 6.07) is 8.53. The molecule has 3 heteroatoms. The Labute approximate surface area is 129 Å². The van der Waals surface area contributed by atoms with Crippen molar-refractivity contribution >= 4 is 39.2 Å². The molecule has 104 valence electrons. The molecule has 0 amide bonds. The molecular weight excluding hydrogens is 286 g/mol. The van der Waals surface area contributed by atoms with Crippen molar-refractivity contribution in [3.8, 4) is 0 Å². The summed E-state index contributed by atoms with van der Waals surface area (Å²) < 4.78 is 3.59. The molecule has 1 aromatic heterocycles. The van der Waals surface area contributed by atoms with Crippen LogP contribution in [0.15, 0.2) is 40.9 Å². The van der Waals surface area contributed by atoms with Crippen LogP contribution >= 0.6 is 22.9 Å². The normalized spacial score (nSPS) is 20.4. The third kappa shape index (κ3) is 2.68. The summed E-state index contributed by atoms with van der Waals surface area (Å²) >= 11 is 8.13. The summed E-state index contributed by atoms with van der Waals surface area (Å²) in [5, 5.41) is 2.25. The molecule has 1 heterocycles. The second-order valence-corrected chi connectivity index (χ2v) is 7.84. The van der Waals surface area contributed by atoms with E-state index in [1.807, 2.05) is 11.3 Å². The first-order valence-electron chi connectivity index (χ1n) is 6.89. The van der Waals surface area contributed by atoms with Gasteiger partial charge in [0.2, 0.25) is 5.52 Å². The molecule has 0 spiro atoms. The number of hydrogen-bond acceptors (Lipinski definition) is 1. The first-order valence-corrected chi connectivity index (χ1v) is 8.08. The molecule has 2 aromatic rings. The van der Waals surface area contributed by atoms with Crippen molar-refractivity contribution in [1.82, 2.24) is 0 Å². The zero-order chi connectivity index (χ0) is 14.3. The molecule has 0 atom stereocenters. The standard InChI is InChI=1S/C17H19ClNS/c1-17(2)10-12(8-13(18)11-17)9-16-19(3)14-6-4-5-7-15(14)20-16/h4-9H,10-11H2,1-3H3/q+1. The van der Waals surface area contributed by atoms with Crippen LogP contribution in [0.2, 0.25) is 0 Å². The highest BCUT2D eigenvalue weighted by molar-refractivity contribution is 7.18. The van der Waals surface area contributed by atoms with E-state index >= 15 is 0 Å². The molecule has 20 heavy (non-hydrogen) atoms. The number of para-hydroxylation sites is 1.